The summed E-state index contributed by atoms with van der Waals surface area (Å²) in [7, 11) is 0. The topological polar surface area (TPSA) is 33.3 Å². The van der Waals surface area contributed by atoms with E-state index in [9.17, 15) is 0 Å². The van der Waals surface area contributed by atoms with Crippen molar-refractivity contribution in [2.75, 3.05) is 25.1 Å². The zero-order chi connectivity index (χ0) is 13.8. The average Bonchev–Trinajstić information content (AvgIpc) is 2.35. The van der Waals surface area contributed by atoms with E-state index in [0.29, 0.717) is 21.1 Å². The van der Waals surface area contributed by atoms with Crippen LogP contribution in [0, 0.1) is 0 Å². The monoisotopic (exact) mass is 322 g/mol. The van der Waals surface area contributed by atoms with Gasteiger partial charge in [-0.3, -0.25) is 0 Å². The van der Waals surface area contributed by atoms with Gasteiger partial charge in [0.1, 0.15) is 0 Å². The van der Waals surface area contributed by atoms with Gasteiger partial charge in [0, 0.05) is 23.7 Å². The number of hydrogen-bond donors (Lipinski definition) is 2. The van der Waals surface area contributed by atoms with Gasteiger partial charge < -0.3 is 15.4 Å². The fourth-order valence-electron chi connectivity index (χ4n) is 2.18. The van der Waals surface area contributed by atoms with Crippen molar-refractivity contribution in [3.05, 3.63) is 27.2 Å². The second kappa shape index (κ2) is 7.00. The molecule has 1 aromatic carbocycles. The smallest absolute Gasteiger partial charge is 0.0722 e. The van der Waals surface area contributed by atoms with E-state index < -0.39 is 0 Å². The minimum absolute atomic E-state index is 0.232. The molecule has 0 saturated carbocycles. The lowest BCUT2D eigenvalue weighted by molar-refractivity contribution is 0.0731. The van der Waals surface area contributed by atoms with Crippen LogP contribution in [0.4, 0.5) is 5.69 Å². The molecule has 19 heavy (non-hydrogen) atoms. The Balaban J connectivity index is 1.96. The summed E-state index contributed by atoms with van der Waals surface area (Å²) in [5, 5.41) is 8.37. The number of anilines is 1. The Morgan fingerprint density at radius 3 is 2.63 bits per heavy atom. The number of benzene rings is 1. The highest BCUT2D eigenvalue weighted by atomic mass is 35.5. The van der Waals surface area contributed by atoms with Gasteiger partial charge in [-0.05, 0) is 25.5 Å². The maximum atomic E-state index is 6.15. The second-order valence-electron chi connectivity index (χ2n) is 4.75. The third kappa shape index (κ3) is 4.40. The van der Waals surface area contributed by atoms with Gasteiger partial charge >= 0.3 is 0 Å². The van der Waals surface area contributed by atoms with Crippen LogP contribution in [0.2, 0.25) is 15.1 Å². The molecular weight excluding hydrogens is 307 g/mol. The van der Waals surface area contributed by atoms with Crippen LogP contribution in [0.5, 0.6) is 0 Å². The van der Waals surface area contributed by atoms with E-state index in [-0.39, 0.29) is 6.04 Å². The molecule has 106 valence electrons. The van der Waals surface area contributed by atoms with E-state index in [1.807, 2.05) is 0 Å². The Kier molecular flexibility index (Phi) is 5.60. The van der Waals surface area contributed by atoms with Crippen molar-refractivity contribution in [3.63, 3.8) is 0 Å². The summed E-state index contributed by atoms with van der Waals surface area (Å²) in [5.74, 6) is 0. The maximum Gasteiger partial charge on any atom is 0.0722 e. The van der Waals surface area contributed by atoms with Gasteiger partial charge in [0.2, 0.25) is 0 Å². The summed E-state index contributed by atoms with van der Waals surface area (Å²) in [6.07, 6.45) is 0.940. The molecule has 1 fully saturated rings. The Labute approximate surface area is 128 Å². The standard InChI is InChI=1S/C13H17Cl3N2O/c1-8(4-10-7-19-3-2-17-10)18-13-11(15)5-9(14)6-12(13)16/h5-6,8,10,17-18H,2-4,7H2,1H3. The van der Waals surface area contributed by atoms with Crippen LogP contribution in [-0.2, 0) is 4.74 Å². The van der Waals surface area contributed by atoms with Crippen molar-refractivity contribution in [3.8, 4) is 0 Å². The zero-order valence-corrected chi connectivity index (χ0v) is 12.9. The predicted octanol–water partition coefficient (Wildman–Crippen LogP) is 3.83. The lowest BCUT2D eigenvalue weighted by Gasteiger charge is -2.27. The quantitative estimate of drug-likeness (QED) is 0.883. The van der Waals surface area contributed by atoms with E-state index in [2.05, 4.69) is 17.6 Å². The molecule has 0 aromatic heterocycles. The van der Waals surface area contributed by atoms with E-state index in [0.717, 1.165) is 31.9 Å². The number of rotatable bonds is 4. The SMILES string of the molecule is CC(CC1COCCN1)Nc1c(Cl)cc(Cl)cc1Cl. The first-order valence-electron chi connectivity index (χ1n) is 6.28. The van der Waals surface area contributed by atoms with E-state index >= 15 is 0 Å². The van der Waals surface area contributed by atoms with Crippen LogP contribution in [0.3, 0.4) is 0 Å². The Bertz CT molecular complexity index is 413. The largest absolute Gasteiger partial charge is 0.380 e. The molecule has 2 rings (SSSR count). The van der Waals surface area contributed by atoms with Crippen LogP contribution in [0.15, 0.2) is 12.1 Å². The van der Waals surface area contributed by atoms with Gasteiger partial charge in [-0.1, -0.05) is 34.8 Å². The van der Waals surface area contributed by atoms with Crippen molar-refractivity contribution < 1.29 is 4.74 Å². The Hall–Kier alpha value is -0.190. The fraction of sp³-hybridized carbons (Fsp3) is 0.538. The van der Waals surface area contributed by atoms with Crippen molar-refractivity contribution >= 4 is 40.5 Å². The summed E-state index contributed by atoms with van der Waals surface area (Å²) >= 11 is 18.2. The summed E-state index contributed by atoms with van der Waals surface area (Å²) in [6.45, 7) is 4.53. The lowest BCUT2D eigenvalue weighted by Crippen LogP contribution is -2.43. The molecule has 1 aromatic rings. The highest BCUT2D eigenvalue weighted by molar-refractivity contribution is 6.41. The summed E-state index contributed by atoms with van der Waals surface area (Å²) in [6, 6.07) is 3.97. The first-order valence-corrected chi connectivity index (χ1v) is 7.42. The number of hydrogen-bond acceptors (Lipinski definition) is 3. The van der Waals surface area contributed by atoms with Gasteiger partial charge in [0.25, 0.3) is 0 Å². The third-order valence-corrected chi connectivity index (χ3v) is 3.85. The maximum absolute atomic E-state index is 6.15. The first-order chi connectivity index (χ1) is 9.06. The van der Waals surface area contributed by atoms with E-state index in [1.54, 1.807) is 12.1 Å². The highest BCUT2D eigenvalue weighted by Crippen LogP contribution is 2.34. The van der Waals surface area contributed by atoms with Gasteiger partial charge in [0.15, 0.2) is 0 Å². The Morgan fingerprint density at radius 2 is 2.05 bits per heavy atom. The van der Waals surface area contributed by atoms with Crippen molar-refractivity contribution in [1.82, 2.24) is 5.32 Å². The summed E-state index contributed by atoms with van der Waals surface area (Å²) < 4.78 is 5.44. The number of morpholine rings is 1. The Morgan fingerprint density at radius 1 is 1.37 bits per heavy atom. The van der Waals surface area contributed by atoms with Crippen LogP contribution >= 0.6 is 34.8 Å². The molecule has 3 nitrogen and oxygen atoms in total. The molecule has 0 radical (unpaired) electrons. The lowest BCUT2D eigenvalue weighted by atomic mass is 10.1. The molecule has 6 heteroatoms. The predicted molar refractivity (Wildman–Crippen MR) is 81.8 cm³/mol. The fourth-order valence-corrected chi connectivity index (χ4v) is 3.11. The molecule has 1 aliphatic heterocycles. The van der Waals surface area contributed by atoms with Crippen LogP contribution in [-0.4, -0.2) is 31.8 Å². The number of halogens is 3. The number of ether oxygens (including phenoxy) is 1. The highest BCUT2D eigenvalue weighted by Gasteiger charge is 2.17. The third-order valence-electron chi connectivity index (χ3n) is 3.03. The molecular formula is C13H17Cl3N2O. The summed E-state index contributed by atoms with van der Waals surface area (Å²) in [5.41, 5.74) is 0.733. The molecule has 0 aliphatic carbocycles. The van der Waals surface area contributed by atoms with Crippen LogP contribution in [0.1, 0.15) is 13.3 Å². The van der Waals surface area contributed by atoms with E-state index in [4.69, 9.17) is 39.5 Å². The molecule has 0 spiro atoms. The molecule has 0 bridgehead atoms. The van der Waals surface area contributed by atoms with Crippen LogP contribution in [0.25, 0.3) is 0 Å². The van der Waals surface area contributed by atoms with Crippen molar-refractivity contribution in [2.45, 2.75) is 25.4 Å². The minimum atomic E-state index is 0.232. The molecule has 1 saturated heterocycles. The van der Waals surface area contributed by atoms with Crippen LogP contribution < -0.4 is 10.6 Å². The molecule has 2 unspecified atom stereocenters. The molecule has 2 N–H and O–H groups in total. The van der Waals surface area contributed by atoms with E-state index in [1.165, 1.54) is 0 Å². The first kappa shape index (κ1) is 15.2. The molecule has 0 amide bonds. The van der Waals surface area contributed by atoms with Crippen molar-refractivity contribution in [1.29, 1.82) is 0 Å². The molecule has 2 atom stereocenters. The number of nitrogens with one attached hydrogen (secondary N) is 2. The van der Waals surface area contributed by atoms with Crippen molar-refractivity contribution in [2.24, 2.45) is 0 Å². The normalized spacial score (nSPS) is 21.2. The van der Waals surface area contributed by atoms with Gasteiger partial charge in [-0.25, -0.2) is 0 Å². The zero-order valence-electron chi connectivity index (χ0n) is 10.7. The molecule has 1 heterocycles. The summed E-state index contributed by atoms with van der Waals surface area (Å²) in [4.78, 5) is 0. The van der Waals surface area contributed by atoms with Gasteiger partial charge in [-0.2, -0.15) is 0 Å². The molecule has 1 aliphatic rings. The van der Waals surface area contributed by atoms with Gasteiger partial charge in [0.05, 0.1) is 28.9 Å². The average molecular weight is 324 g/mol. The second-order valence-corrected chi connectivity index (χ2v) is 6.00. The minimum Gasteiger partial charge on any atom is -0.380 e. The van der Waals surface area contributed by atoms with Gasteiger partial charge in [-0.15, -0.1) is 0 Å².